The molecule has 0 aliphatic carbocycles. The average Bonchev–Trinajstić information content (AvgIpc) is 2.54. The highest BCUT2D eigenvalue weighted by molar-refractivity contribution is 5.99. The van der Waals surface area contributed by atoms with Gasteiger partial charge in [0.1, 0.15) is 11.5 Å². The first kappa shape index (κ1) is 15.6. The molecule has 0 saturated heterocycles. The number of ketones is 1. The molecule has 1 N–H and O–H groups in total. The molecule has 0 aliphatic heterocycles. The van der Waals surface area contributed by atoms with Crippen molar-refractivity contribution in [3.8, 4) is 11.5 Å². The van der Waals surface area contributed by atoms with Crippen molar-refractivity contribution in [2.24, 2.45) is 0 Å². The number of phenols is 1. The highest BCUT2D eigenvalue weighted by Gasteiger charge is 2.13. The SMILES string of the molecule is COc1ccc(C(=O)COC(=O)c2ccc(C)c(O)c2)cc1. The normalized spacial score (nSPS) is 10.1. The summed E-state index contributed by atoms with van der Waals surface area (Å²) in [6.45, 7) is 1.36. The molecule has 0 fully saturated rings. The minimum atomic E-state index is -0.655. The van der Waals surface area contributed by atoms with E-state index in [1.807, 2.05) is 0 Å². The van der Waals surface area contributed by atoms with Crippen LogP contribution in [0, 0.1) is 6.92 Å². The number of aromatic hydroxyl groups is 1. The van der Waals surface area contributed by atoms with E-state index in [1.54, 1.807) is 37.3 Å². The van der Waals surface area contributed by atoms with E-state index in [1.165, 1.54) is 19.2 Å². The molecule has 114 valence electrons. The van der Waals surface area contributed by atoms with Crippen LogP contribution in [0.1, 0.15) is 26.3 Å². The summed E-state index contributed by atoms with van der Waals surface area (Å²) < 4.78 is 9.97. The second-order valence-corrected chi connectivity index (χ2v) is 4.73. The van der Waals surface area contributed by atoms with Crippen LogP contribution in [-0.4, -0.2) is 30.6 Å². The molecular formula is C17H16O5. The van der Waals surface area contributed by atoms with Crippen molar-refractivity contribution in [2.45, 2.75) is 6.92 Å². The zero-order valence-corrected chi connectivity index (χ0v) is 12.3. The zero-order valence-electron chi connectivity index (χ0n) is 12.3. The summed E-state index contributed by atoms with van der Waals surface area (Å²) in [5, 5.41) is 9.57. The number of hydrogen-bond donors (Lipinski definition) is 1. The third kappa shape index (κ3) is 3.63. The smallest absolute Gasteiger partial charge is 0.338 e. The number of benzene rings is 2. The lowest BCUT2D eigenvalue weighted by atomic mass is 10.1. The summed E-state index contributed by atoms with van der Waals surface area (Å²) in [6, 6.07) is 11.0. The quantitative estimate of drug-likeness (QED) is 0.679. The molecule has 0 radical (unpaired) electrons. The second kappa shape index (κ2) is 6.76. The predicted octanol–water partition coefficient (Wildman–Crippen LogP) is 2.75. The fourth-order valence-corrected chi connectivity index (χ4v) is 1.81. The van der Waals surface area contributed by atoms with Crippen LogP contribution in [0.25, 0.3) is 0 Å². The van der Waals surface area contributed by atoms with Crippen molar-refractivity contribution in [3.63, 3.8) is 0 Å². The van der Waals surface area contributed by atoms with E-state index < -0.39 is 5.97 Å². The van der Waals surface area contributed by atoms with Gasteiger partial charge >= 0.3 is 5.97 Å². The Labute approximate surface area is 128 Å². The van der Waals surface area contributed by atoms with E-state index in [9.17, 15) is 14.7 Å². The molecule has 2 aromatic carbocycles. The lowest BCUT2D eigenvalue weighted by molar-refractivity contribution is 0.0474. The summed E-state index contributed by atoms with van der Waals surface area (Å²) in [6.07, 6.45) is 0. The Morgan fingerprint density at radius 1 is 1.05 bits per heavy atom. The molecule has 5 heteroatoms. The van der Waals surface area contributed by atoms with Crippen LogP contribution in [0.15, 0.2) is 42.5 Å². The van der Waals surface area contributed by atoms with E-state index in [0.29, 0.717) is 16.9 Å². The third-order valence-electron chi connectivity index (χ3n) is 3.19. The monoisotopic (exact) mass is 300 g/mol. The first-order chi connectivity index (χ1) is 10.5. The fraction of sp³-hybridized carbons (Fsp3) is 0.176. The number of rotatable bonds is 5. The van der Waals surface area contributed by atoms with Gasteiger partial charge in [0.05, 0.1) is 12.7 Å². The molecule has 0 heterocycles. The molecule has 0 bridgehead atoms. The maximum absolute atomic E-state index is 11.9. The van der Waals surface area contributed by atoms with Crippen molar-refractivity contribution in [1.29, 1.82) is 0 Å². The van der Waals surface area contributed by atoms with Gasteiger partial charge in [0.2, 0.25) is 0 Å². The van der Waals surface area contributed by atoms with Gasteiger partial charge < -0.3 is 14.6 Å². The van der Waals surface area contributed by atoms with Gasteiger partial charge in [-0.2, -0.15) is 0 Å². The van der Waals surface area contributed by atoms with Crippen LogP contribution in [-0.2, 0) is 4.74 Å². The predicted molar refractivity (Wildman–Crippen MR) is 80.5 cm³/mol. The number of methoxy groups -OCH3 is 1. The Morgan fingerprint density at radius 3 is 2.27 bits per heavy atom. The molecule has 0 unspecified atom stereocenters. The number of Topliss-reactive ketones (excluding diaryl/α,β-unsaturated/α-hetero) is 1. The Bertz CT molecular complexity index is 689. The Kier molecular flexibility index (Phi) is 4.78. The van der Waals surface area contributed by atoms with Crippen LogP contribution in [0.2, 0.25) is 0 Å². The van der Waals surface area contributed by atoms with Crippen LogP contribution in [0.5, 0.6) is 11.5 Å². The van der Waals surface area contributed by atoms with Crippen molar-refractivity contribution in [3.05, 3.63) is 59.2 Å². The summed E-state index contributed by atoms with van der Waals surface area (Å²) in [5.74, 6) is -0.316. The minimum absolute atomic E-state index is 0.0101. The van der Waals surface area contributed by atoms with Crippen molar-refractivity contribution >= 4 is 11.8 Å². The number of ether oxygens (including phenoxy) is 2. The van der Waals surface area contributed by atoms with Gasteiger partial charge in [0.15, 0.2) is 12.4 Å². The zero-order chi connectivity index (χ0) is 16.1. The van der Waals surface area contributed by atoms with Crippen molar-refractivity contribution in [2.75, 3.05) is 13.7 Å². The van der Waals surface area contributed by atoms with Gasteiger partial charge in [-0.1, -0.05) is 6.07 Å². The molecule has 2 aromatic rings. The summed E-state index contributed by atoms with van der Waals surface area (Å²) in [7, 11) is 1.54. The Balaban J connectivity index is 1.97. The van der Waals surface area contributed by atoms with Gasteiger partial charge in [-0.05, 0) is 48.9 Å². The Morgan fingerprint density at radius 2 is 1.68 bits per heavy atom. The van der Waals surface area contributed by atoms with Gasteiger partial charge in [-0.3, -0.25) is 4.79 Å². The molecule has 2 rings (SSSR count). The van der Waals surface area contributed by atoms with E-state index >= 15 is 0 Å². The summed E-state index contributed by atoms with van der Waals surface area (Å²) in [5.41, 5.74) is 1.29. The fourth-order valence-electron chi connectivity index (χ4n) is 1.81. The topological polar surface area (TPSA) is 72.8 Å². The molecule has 5 nitrogen and oxygen atoms in total. The number of aryl methyl sites for hydroxylation is 1. The maximum atomic E-state index is 11.9. The number of phenolic OH excluding ortho intramolecular Hbond substituents is 1. The van der Waals surface area contributed by atoms with Crippen LogP contribution in [0.3, 0.4) is 0 Å². The number of carbonyl (C=O) groups excluding carboxylic acids is 2. The van der Waals surface area contributed by atoms with Crippen LogP contribution >= 0.6 is 0 Å². The minimum Gasteiger partial charge on any atom is -0.508 e. The third-order valence-corrected chi connectivity index (χ3v) is 3.19. The first-order valence-electron chi connectivity index (χ1n) is 6.65. The molecule has 22 heavy (non-hydrogen) atoms. The first-order valence-corrected chi connectivity index (χ1v) is 6.65. The summed E-state index contributed by atoms with van der Waals surface area (Å²) in [4.78, 5) is 23.8. The highest BCUT2D eigenvalue weighted by Crippen LogP contribution is 2.18. The van der Waals surface area contributed by atoms with Crippen molar-refractivity contribution in [1.82, 2.24) is 0 Å². The largest absolute Gasteiger partial charge is 0.508 e. The molecule has 0 saturated carbocycles. The molecule has 0 aromatic heterocycles. The van der Waals surface area contributed by atoms with E-state index in [0.717, 1.165) is 0 Å². The van der Waals surface area contributed by atoms with Gasteiger partial charge in [-0.25, -0.2) is 4.79 Å². The average molecular weight is 300 g/mol. The molecule has 0 spiro atoms. The van der Waals surface area contributed by atoms with Crippen LogP contribution in [0.4, 0.5) is 0 Å². The van der Waals surface area contributed by atoms with E-state index in [4.69, 9.17) is 9.47 Å². The van der Waals surface area contributed by atoms with Crippen LogP contribution < -0.4 is 4.74 Å². The second-order valence-electron chi connectivity index (χ2n) is 4.73. The van der Waals surface area contributed by atoms with E-state index in [2.05, 4.69) is 0 Å². The number of hydrogen-bond acceptors (Lipinski definition) is 5. The maximum Gasteiger partial charge on any atom is 0.338 e. The molecule has 0 atom stereocenters. The van der Waals surface area contributed by atoms with E-state index in [-0.39, 0.29) is 23.7 Å². The summed E-state index contributed by atoms with van der Waals surface area (Å²) >= 11 is 0. The van der Waals surface area contributed by atoms with Crippen molar-refractivity contribution < 1.29 is 24.2 Å². The van der Waals surface area contributed by atoms with Gasteiger partial charge in [-0.15, -0.1) is 0 Å². The standard InChI is InChI=1S/C17H16O5/c1-11-3-4-13(9-15(11)18)17(20)22-10-16(19)12-5-7-14(21-2)8-6-12/h3-9,18H,10H2,1-2H3. The number of carbonyl (C=O) groups is 2. The Hall–Kier alpha value is -2.82. The van der Waals surface area contributed by atoms with Gasteiger partial charge in [0, 0.05) is 5.56 Å². The molecule has 0 amide bonds. The molecular weight excluding hydrogens is 284 g/mol. The number of esters is 1. The molecule has 0 aliphatic rings. The van der Waals surface area contributed by atoms with Gasteiger partial charge in [0.25, 0.3) is 0 Å². The lowest BCUT2D eigenvalue weighted by Gasteiger charge is -2.06. The lowest BCUT2D eigenvalue weighted by Crippen LogP contribution is -2.14. The highest BCUT2D eigenvalue weighted by atomic mass is 16.5.